The molecule has 182 valence electrons. The van der Waals surface area contributed by atoms with Crippen molar-refractivity contribution in [2.75, 3.05) is 13.2 Å². The molecule has 2 N–H and O–H groups in total. The highest BCUT2D eigenvalue weighted by Crippen LogP contribution is 2.42. The highest BCUT2D eigenvalue weighted by molar-refractivity contribution is 5.70. The predicted octanol–water partition coefficient (Wildman–Crippen LogP) is 3.39. The third-order valence-electron chi connectivity index (χ3n) is 7.45. The second kappa shape index (κ2) is 8.69. The average Bonchev–Trinajstić information content (AvgIpc) is 3.48. The lowest BCUT2D eigenvalue weighted by atomic mass is 9.70. The fourth-order valence-electron chi connectivity index (χ4n) is 5.42. The van der Waals surface area contributed by atoms with Crippen molar-refractivity contribution in [3.8, 4) is 17.0 Å². The fraction of sp³-hybridized carbons (Fsp3) is 0.440. The van der Waals surface area contributed by atoms with Gasteiger partial charge >= 0.3 is 0 Å². The number of hydrogen-bond donors (Lipinski definition) is 2. The second-order valence-electron chi connectivity index (χ2n) is 9.62. The van der Waals surface area contributed by atoms with E-state index in [0.717, 1.165) is 48.1 Å². The molecular formula is C25H28FN7O2. The molecule has 0 radical (unpaired) electrons. The third-order valence-corrected chi connectivity index (χ3v) is 7.45. The zero-order valence-electron chi connectivity index (χ0n) is 19.6. The van der Waals surface area contributed by atoms with Gasteiger partial charge < -0.3 is 15.2 Å². The van der Waals surface area contributed by atoms with Gasteiger partial charge in [-0.05, 0) is 69.8 Å². The number of rotatable bonds is 6. The Hall–Kier alpha value is -3.37. The minimum absolute atomic E-state index is 0.268. The first-order valence-corrected chi connectivity index (χ1v) is 12.1. The number of piperidine rings is 1. The van der Waals surface area contributed by atoms with Crippen molar-refractivity contribution >= 4 is 5.52 Å². The van der Waals surface area contributed by atoms with Crippen LogP contribution in [0.2, 0.25) is 0 Å². The van der Waals surface area contributed by atoms with Gasteiger partial charge in [-0.3, -0.25) is 4.98 Å². The monoisotopic (exact) mass is 477 g/mol. The number of fused-ring (bicyclic) bond motifs is 1. The van der Waals surface area contributed by atoms with Crippen LogP contribution in [0.3, 0.4) is 0 Å². The van der Waals surface area contributed by atoms with Gasteiger partial charge in [0.25, 0.3) is 0 Å². The molecule has 0 aromatic carbocycles. The van der Waals surface area contributed by atoms with E-state index in [4.69, 9.17) is 4.74 Å². The first-order chi connectivity index (χ1) is 17.0. The Bertz CT molecular complexity index is 1350. The summed E-state index contributed by atoms with van der Waals surface area (Å²) in [5.74, 6) is 0.0792. The number of ether oxygens (including phenoxy) is 1. The summed E-state index contributed by atoms with van der Waals surface area (Å²) < 4.78 is 23.3. The van der Waals surface area contributed by atoms with E-state index < -0.39 is 11.9 Å². The maximum atomic E-state index is 13.3. The average molecular weight is 478 g/mol. The Labute approximate surface area is 201 Å². The topological polar surface area (TPSA) is 102 Å². The van der Waals surface area contributed by atoms with Crippen molar-refractivity contribution in [3.05, 3.63) is 60.1 Å². The number of nitrogens with zero attached hydrogens (tertiary/aromatic N) is 6. The van der Waals surface area contributed by atoms with Crippen LogP contribution in [0.5, 0.6) is 5.75 Å². The minimum Gasteiger partial charge on any atom is -0.479 e. The van der Waals surface area contributed by atoms with E-state index in [1.54, 1.807) is 10.7 Å². The summed E-state index contributed by atoms with van der Waals surface area (Å²) in [6, 6.07) is 6.86. The van der Waals surface area contributed by atoms with Crippen LogP contribution in [-0.4, -0.2) is 53.4 Å². The largest absolute Gasteiger partial charge is 0.479 e. The molecule has 2 fully saturated rings. The van der Waals surface area contributed by atoms with Crippen LogP contribution in [-0.2, 0) is 0 Å². The standard InChI is InChI=1S/C25H28FN7O2/c1-16-24(30-31-33(16)19-5-9-28-25(12-19)7-2-8-25)17-11-22(21-6-10-29-32(21)14-17)35-23(15-34)20-4-3-18(26)13-27-20/h3-4,6,10-11,13-14,19,23,28,34H,2,5,7-9,12,15H2,1H3/t19?,23-/m1/s1. The van der Waals surface area contributed by atoms with Gasteiger partial charge in [0.2, 0.25) is 0 Å². The molecule has 1 saturated heterocycles. The number of halogens is 1. The van der Waals surface area contributed by atoms with Crippen molar-refractivity contribution in [3.63, 3.8) is 0 Å². The van der Waals surface area contributed by atoms with E-state index in [1.165, 1.54) is 31.4 Å². The van der Waals surface area contributed by atoms with Crippen molar-refractivity contribution in [1.29, 1.82) is 0 Å². The molecule has 4 aromatic rings. The molecule has 35 heavy (non-hydrogen) atoms. The van der Waals surface area contributed by atoms with Crippen molar-refractivity contribution in [2.45, 2.75) is 56.7 Å². The van der Waals surface area contributed by atoms with E-state index in [0.29, 0.717) is 17.5 Å². The molecule has 2 aliphatic rings. The normalized spacial score (nSPS) is 20.1. The Balaban J connectivity index is 1.33. The number of aliphatic hydroxyl groups is 1. The number of pyridine rings is 2. The molecule has 9 nitrogen and oxygen atoms in total. The van der Waals surface area contributed by atoms with Gasteiger partial charge in [-0.1, -0.05) is 5.21 Å². The molecule has 1 saturated carbocycles. The summed E-state index contributed by atoms with van der Waals surface area (Å²) >= 11 is 0. The molecule has 5 heterocycles. The number of nitrogens with one attached hydrogen (secondary N) is 1. The Morgan fingerprint density at radius 2 is 2.20 bits per heavy atom. The molecule has 4 aromatic heterocycles. The van der Waals surface area contributed by atoms with Gasteiger partial charge in [-0.15, -0.1) is 5.10 Å². The van der Waals surface area contributed by atoms with Crippen LogP contribution in [0, 0.1) is 12.7 Å². The molecule has 6 rings (SSSR count). The van der Waals surface area contributed by atoms with Crippen LogP contribution in [0.25, 0.3) is 16.8 Å². The molecule has 0 bridgehead atoms. The molecule has 2 atom stereocenters. The van der Waals surface area contributed by atoms with Crippen LogP contribution in [0.15, 0.2) is 42.9 Å². The van der Waals surface area contributed by atoms with Gasteiger partial charge in [-0.2, -0.15) is 5.10 Å². The van der Waals surface area contributed by atoms with Crippen molar-refractivity contribution in [1.82, 2.24) is 34.9 Å². The maximum Gasteiger partial charge on any atom is 0.163 e. The van der Waals surface area contributed by atoms with Gasteiger partial charge in [0.1, 0.15) is 22.8 Å². The summed E-state index contributed by atoms with van der Waals surface area (Å²) in [4.78, 5) is 4.07. The van der Waals surface area contributed by atoms with E-state index in [9.17, 15) is 9.50 Å². The Morgan fingerprint density at radius 3 is 2.94 bits per heavy atom. The lowest BCUT2D eigenvalue weighted by molar-refractivity contribution is 0.104. The Kier molecular flexibility index (Phi) is 5.49. The molecule has 1 aliphatic carbocycles. The molecule has 1 unspecified atom stereocenters. The van der Waals surface area contributed by atoms with Gasteiger partial charge in [0.15, 0.2) is 6.10 Å². The van der Waals surface area contributed by atoms with E-state index in [2.05, 4.69) is 37.3 Å². The molecule has 1 aliphatic heterocycles. The SMILES string of the molecule is Cc1c(-c2cc(O[C@H](CO)c3ccc(F)cn3)c3ccnn3c2)nnn1C1CCNC2(CCC2)C1. The molecule has 10 heteroatoms. The van der Waals surface area contributed by atoms with Crippen LogP contribution >= 0.6 is 0 Å². The Morgan fingerprint density at radius 1 is 1.31 bits per heavy atom. The lowest BCUT2D eigenvalue weighted by Crippen LogP contribution is -2.55. The molecular weight excluding hydrogens is 449 g/mol. The second-order valence-corrected chi connectivity index (χ2v) is 9.62. The van der Waals surface area contributed by atoms with Gasteiger partial charge in [0, 0.05) is 17.3 Å². The molecule has 0 amide bonds. The van der Waals surface area contributed by atoms with E-state index in [1.807, 2.05) is 18.3 Å². The summed E-state index contributed by atoms with van der Waals surface area (Å²) in [5, 5.41) is 27.2. The van der Waals surface area contributed by atoms with Crippen LogP contribution in [0.1, 0.15) is 55.6 Å². The highest BCUT2D eigenvalue weighted by atomic mass is 19.1. The van der Waals surface area contributed by atoms with Gasteiger partial charge in [-0.25, -0.2) is 13.6 Å². The summed E-state index contributed by atoms with van der Waals surface area (Å²) in [7, 11) is 0. The lowest BCUT2D eigenvalue weighted by Gasteiger charge is -2.48. The van der Waals surface area contributed by atoms with E-state index >= 15 is 0 Å². The predicted molar refractivity (Wildman–Crippen MR) is 126 cm³/mol. The summed E-state index contributed by atoms with van der Waals surface area (Å²) in [6.45, 7) is 2.74. The third kappa shape index (κ3) is 3.96. The zero-order chi connectivity index (χ0) is 24.0. The highest BCUT2D eigenvalue weighted by Gasteiger charge is 2.42. The van der Waals surface area contributed by atoms with Gasteiger partial charge in [0.05, 0.1) is 36.4 Å². The summed E-state index contributed by atoms with van der Waals surface area (Å²) in [5.41, 5.74) is 4.04. The van der Waals surface area contributed by atoms with Crippen molar-refractivity contribution < 1.29 is 14.2 Å². The number of hydrogen-bond acceptors (Lipinski definition) is 7. The quantitative estimate of drug-likeness (QED) is 0.439. The number of aliphatic hydroxyl groups excluding tert-OH is 1. The first kappa shape index (κ1) is 22.1. The fourth-order valence-corrected chi connectivity index (χ4v) is 5.42. The summed E-state index contributed by atoms with van der Waals surface area (Å²) in [6.07, 6.45) is 9.81. The van der Waals surface area contributed by atoms with Crippen LogP contribution in [0.4, 0.5) is 4.39 Å². The maximum absolute atomic E-state index is 13.3. The first-order valence-electron chi connectivity index (χ1n) is 12.1. The van der Waals surface area contributed by atoms with Crippen molar-refractivity contribution in [2.24, 2.45) is 0 Å². The number of aromatic nitrogens is 6. The zero-order valence-corrected chi connectivity index (χ0v) is 19.6. The molecule has 1 spiro atoms. The van der Waals surface area contributed by atoms with E-state index in [-0.39, 0.29) is 12.1 Å². The smallest absolute Gasteiger partial charge is 0.163 e. The van der Waals surface area contributed by atoms with Crippen LogP contribution < -0.4 is 10.1 Å². The minimum atomic E-state index is -0.755.